The molecule has 0 aromatic rings. The van der Waals surface area contributed by atoms with Gasteiger partial charge >= 0.3 is 0 Å². The lowest BCUT2D eigenvalue weighted by atomic mass is 10.2. The van der Waals surface area contributed by atoms with Crippen molar-refractivity contribution in [3.63, 3.8) is 0 Å². The molecule has 1 aliphatic carbocycles. The number of nitrogens with one attached hydrogen (secondary N) is 1. The molecule has 2 unspecified atom stereocenters. The second kappa shape index (κ2) is 3.67. The number of hydrogen-bond acceptors (Lipinski definition) is 4. The normalized spacial score (nSPS) is 35.5. The minimum Gasteiger partial charge on any atom is -0.314 e. The van der Waals surface area contributed by atoms with E-state index in [0.717, 1.165) is 38.8 Å². The van der Waals surface area contributed by atoms with E-state index in [4.69, 9.17) is 5.26 Å². The summed E-state index contributed by atoms with van der Waals surface area (Å²) in [6.45, 7) is 1.52. The zero-order valence-corrected chi connectivity index (χ0v) is 10.5. The summed E-state index contributed by atoms with van der Waals surface area (Å²) >= 11 is 0. The Morgan fingerprint density at radius 1 is 1.29 bits per heavy atom. The molecule has 2 bridgehead atoms. The molecule has 1 N–H and O–H groups in total. The predicted molar refractivity (Wildman–Crippen MR) is 62.6 cm³/mol. The number of fused-ring (bicyclic) bond motifs is 2. The molecular formula is C11H17N3O2S. The lowest BCUT2D eigenvalue weighted by Gasteiger charge is -2.34. The fraction of sp³-hybridized carbons (Fsp3) is 0.909. The highest BCUT2D eigenvalue weighted by atomic mass is 32.2. The molecule has 0 aromatic carbocycles. The monoisotopic (exact) mass is 255 g/mol. The largest absolute Gasteiger partial charge is 0.314 e. The van der Waals surface area contributed by atoms with Crippen LogP contribution in [0.1, 0.15) is 25.7 Å². The third-order valence-corrected chi connectivity index (χ3v) is 6.34. The van der Waals surface area contributed by atoms with Gasteiger partial charge in [0.15, 0.2) is 0 Å². The van der Waals surface area contributed by atoms with E-state index in [2.05, 4.69) is 11.4 Å². The van der Waals surface area contributed by atoms with Gasteiger partial charge in [-0.15, -0.1) is 0 Å². The molecule has 0 amide bonds. The van der Waals surface area contributed by atoms with Crippen LogP contribution in [-0.4, -0.2) is 43.6 Å². The number of hydrogen-bond donors (Lipinski definition) is 1. The Kier molecular flexibility index (Phi) is 2.47. The summed E-state index contributed by atoms with van der Waals surface area (Å²) in [4.78, 5) is 0. The van der Waals surface area contributed by atoms with Crippen LogP contribution in [0.3, 0.4) is 0 Å². The molecule has 2 heterocycles. The minimum atomic E-state index is -3.26. The van der Waals surface area contributed by atoms with Crippen molar-refractivity contribution in [3.8, 4) is 6.07 Å². The molecule has 0 radical (unpaired) electrons. The third-order valence-electron chi connectivity index (χ3n) is 4.18. The molecule has 94 valence electrons. The highest BCUT2D eigenvalue weighted by Gasteiger charge is 2.51. The van der Waals surface area contributed by atoms with E-state index in [1.54, 1.807) is 4.31 Å². The molecule has 0 spiro atoms. The number of sulfonamides is 1. The third kappa shape index (κ3) is 1.86. The quantitative estimate of drug-likeness (QED) is 0.773. The Morgan fingerprint density at radius 2 is 1.88 bits per heavy atom. The Bertz CT molecular complexity index is 448. The SMILES string of the molecule is N#CC1(CS(=O)(=O)N2C3CCC2CNC3)CC1. The maximum atomic E-state index is 12.4. The van der Waals surface area contributed by atoms with Crippen molar-refractivity contribution >= 4 is 10.0 Å². The lowest BCUT2D eigenvalue weighted by molar-refractivity contribution is 0.262. The van der Waals surface area contributed by atoms with Crippen LogP contribution >= 0.6 is 0 Å². The summed E-state index contributed by atoms with van der Waals surface area (Å²) in [6, 6.07) is 2.41. The van der Waals surface area contributed by atoms with Crippen molar-refractivity contribution in [2.24, 2.45) is 5.41 Å². The summed E-state index contributed by atoms with van der Waals surface area (Å²) in [6.07, 6.45) is 3.39. The molecule has 3 aliphatic rings. The lowest BCUT2D eigenvalue weighted by Crippen LogP contribution is -2.55. The summed E-state index contributed by atoms with van der Waals surface area (Å²) in [7, 11) is -3.26. The van der Waals surface area contributed by atoms with E-state index in [9.17, 15) is 8.42 Å². The van der Waals surface area contributed by atoms with E-state index in [1.807, 2.05) is 0 Å². The average molecular weight is 255 g/mol. The fourth-order valence-electron chi connectivity index (χ4n) is 3.06. The number of piperazine rings is 1. The molecule has 3 fully saturated rings. The van der Waals surface area contributed by atoms with Crippen molar-refractivity contribution in [2.45, 2.75) is 37.8 Å². The van der Waals surface area contributed by atoms with Crippen LogP contribution in [0.4, 0.5) is 0 Å². The van der Waals surface area contributed by atoms with Crippen LogP contribution in [0.15, 0.2) is 0 Å². The Hall–Kier alpha value is -0.640. The van der Waals surface area contributed by atoms with Crippen LogP contribution in [0, 0.1) is 16.7 Å². The van der Waals surface area contributed by atoms with Gasteiger partial charge in [-0.3, -0.25) is 0 Å². The first-order valence-electron chi connectivity index (χ1n) is 6.20. The Balaban J connectivity index is 1.81. The second-order valence-electron chi connectivity index (χ2n) is 5.52. The van der Waals surface area contributed by atoms with Gasteiger partial charge in [0.25, 0.3) is 0 Å². The first-order valence-corrected chi connectivity index (χ1v) is 7.80. The maximum Gasteiger partial charge on any atom is 0.216 e. The van der Waals surface area contributed by atoms with E-state index >= 15 is 0 Å². The van der Waals surface area contributed by atoms with Gasteiger partial charge < -0.3 is 5.32 Å². The average Bonchev–Trinajstić information content (AvgIpc) is 3.00. The fourth-order valence-corrected chi connectivity index (χ4v) is 5.52. The first-order chi connectivity index (χ1) is 8.06. The van der Waals surface area contributed by atoms with Crippen LogP contribution in [0.25, 0.3) is 0 Å². The molecule has 2 saturated heterocycles. The van der Waals surface area contributed by atoms with Crippen LogP contribution in [0.2, 0.25) is 0 Å². The Labute approximate surface area is 102 Å². The minimum absolute atomic E-state index is 0.0313. The standard InChI is InChI=1S/C11H17N3O2S/c12-7-11(3-4-11)8-17(15,16)14-9-1-2-10(14)6-13-5-9/h9-10,13H,1-6,8H2. The Morgan fingerprint density at radius 3 is 2.35 bits per heavy atom. The van der Waals surface area contributed by atoms with Crippen molar-refractivity contribution in [3.05, 3.63) is 0 Å². The van der Waals surface area contributed by atoms with Crippen molar-refractivity contribution in [2.75, 3.05) is 18.8 Å². The van der Waals surface area contributed by atoms with E-state index in [0.29, 0.717) is 0 Å². The molecule has 17 heavy (non-hydrogen) atoms. The molecule has 1 saturated carbocycles. The molecule has 2 atom stereocenters. The molecule has 0 aromatic heterocycles. The van der Waals surface area contributed by atoms with Crippen molar-refractivity contribution in [1.82, 2.24) is 9.62 Å². The van der Waals surface area contributed by atoms with Crippen LogP contribution in [0.5, 0.6) is 0 Å². The number of nitriles is 1. The van der Waals surface area contributed by atoms with Crippen LogP contribution < -0.4 is 5.32 Å². The number of nitrogens with zero attached hydrogens (tertiary/aromatic N) is 2. The first kappa shape index (κ1) is 11.5. The van der Waals surface area contributed by atoms with Gasteiger partial charge in [0.05, 0.1) is 17.2 Å². The van der Waals surface area contributed by atoms with E-state index in [-0.39, 0.29) is 17.8 Å². The summed E-state index contributed by atoms with van der Waals surface area (Å²) in [5.74, 6) is 0.0313. The molecular weight excluding hydrogens is 238 g/mol. The highest BCUT2D eigenvalue weighted by molar-refractivity contribution is 7.89. The van der Waals surface area contributed by atoms with Crippen molar-refractivity contribution < 1.29 is 8.42 Å². The van der Waals surface area contributed by atoms with Gasteiger partial charge in [-0.2, -0.15) is 9.57 Å². The highest BCUT2D eigenvalue weighted by Crippen LogP contribution is 2.47. The molecule has 2 aliphatic heterocycles. The van der Waals surface area contributed by atoms with Crippen molar-refractivity contribution in [1.29, 1.82) is 5.26 Å². The maximum absolute atomic E-state index is 12.4. The smallest absolute Gasteiger partial charge is 0.216 e. The van der Waals surface area contributed by atoms with E-state index < -0.39 is 15.4 Å². The van der Waals surface area contributed by atoms with E-state index in [1.165, 1.54) is 0 Å². The molecule has 5 nitrogen and oxygen atoms in total. The zero-order chi connectivity index (χ0) is 12.1. The zero-order valence-electron chi connectivity index (χ0n) is 9.72. The second-order valence-corrected chi connectivity index (χ2v) is 7.40. The van der Waals surface area contributed by atoms with Gasteiger partial charge in [0.2, 0.25) is 10.0 Å². The summed E-state index contributed by atoms with van der Waals surface area (Å²) < 4.78 is 26.5. The van der Waals surface area contributed by atoms with Gasteiger partial charge in [0, 0.05) is 25.2 Å². The van der Waals surface area contributed by atoms with Gasteiger partial charge in [-0.05, 0) is 25.7 Å². The van der Waals surface area contributed by atoms with Gasteiger partial charge in [-0.25, -0.2) is 8.42 Å². The van der Waals surface area contributed by atoms with Gasteiger partial charge in [-0.1, -0.05) is 0 Å². The van der Waals surface area contributed by atoms with Crippen LogP contribution in [-0.2, 0) is 10.0 Å². The topological polar surface area (TPSA) is 73.2 Å². The molecule has 6 heteroatoms. The summed E-state index contributed by atoms with van der Waals surface area (Å²) in [5, 5.41) is 12.3. The summed E-state index contributed by atoms with van der Waals surface area (Å²) in [5.41, 5.74) is -0.566. The predicted octanol–water partition coefficient (Wildman–Crippen LogP) is 0.0562. The number of rotatable bonds is 3. The van der Waals surface area contributed by atoms with Gasteiger partial charge in [0.1, 0.15) is 0 Å². The molecule has 3 rings (SSSR count).